The maximum Gasteiger partial charge on any atom is 0.0106 e. The van der Waals surface area contributed by atoms with E-state index in [-0.39, 0.29) is 0 Å². The Morgan fingerprint density at radius 2 is 1.00 bits per heavy atom. The van der Waals surface area contributed by atoms with Crippen LogP contribution < -0.4 is 0 Å². The van der Waals surface area contributed by atoms with Crippen LogP contribution in [0.5, 0.6) is 0 Å². The Kier molecular flexibility index (Phi) is 10.6. The average molecular weight is 258 g/mol. The van der Waals surface area contributed by atoms with Crippen molar-refractivity contribution in [1.82, 2.24) is 19.6 Å². The third-order valence-electron chi connectivity index (χ3n) is 3.41. The van der Waals surface area contributed by atoms with Crippen LogP contribution in [0.3, 0.4) is 0 Å². The second-order valence-electron chi connectivity index (χ2n) is 5.66. The Balaban J connectivity index is 3.46. The minimum absolute atomic E-state index is 1.14. The normalized spacial score (nSPS) is 12.3. The first-order valence-electron chi connectivity index (χ1n) is 7.16. The zero-order valence-electron chi connectivity index (χ0n) is 13.4. The fourth-order valence-electron chi connectivity index (χ4n) is 1.70. The second-order valence-corrected chi connectivity index (χ2v) is 5.66. The van der Waals surface area contributed by atoms with Gasteiger partial charge in [-0.1, -0.05) is 6.92 Å². The highest BCUT2D eigenvalue weighted by molar-refractivity contribution is 4.59. The third kappa shape index (κ3) is 11.0. The molecule has 0 amide bonds. The Morgan fingerprint density at radius 3 is 1.44 bits per heavy atom. The molecule has 0 aromatic heterocycles. The molecule has 0 aliphatic heterocycles. The van der Waals surface area contributed by atoms with Gasteiger partial charge in [-0.2, -0.15) is 0 Å². The molecule has 0 saturated heterocycles. The van der Waals surface area contributed by atoms with Gasteiger partial charge in [0.1, 0.15) is 0 Å². The quantitative estimate of drug-likeness (QED) is 0.542. The van der Waals surface area contributed by atoms with Crippen molar-refractivity contribution in [1.29, 1.82) is 0 Å². The van der Waals surface area contributed by atoms with Gasteiger partial charge < -0.3 is 19.6 Å². The molecular weight excluding hydrogens is 224 g/mol. The Hall–Kier alpha value is -0.160. The van der Waals surface area contributed by atoms with Gasteiger partial charge in [0, 0.05) is 26.2 Å². The molecule has 0 fully saturated rings. The van der Waals surface area contributed by atoms with Crippen LogP contribution in [0.1, 0.15) is 13.3 Å². The fourth-order valence-corrected chi connectivity index (χ4v) is 1.70. The van der Waals surface area contributed by atoms with E-state index in [4.69, 9.17) is 0 Å². The molecule has 18 heavy (non-hydrogen) atoms. The molecule has 0 atom stereocenters. The molecule has 0 saturated carbocycles. The lowest BCUT2D eigenvalue weighted by molar-refractivity contribution is 0.237. The highest BCUT2D eigenvalue weighted by Crippen LogP contribution is 1.93. The summed E-state index contributed by atoms with van der Waals surface area (Å²) in [6, 6.07) is 0. The lowest BCUT2D eigenvalue weighted by atomic mass is 10.3. The minimum Gasteiger partial charge on any atom is -0.308 e. The number of nitrogens with zero attached hydrogens (tertiary/aromatic N) is 4. The average Bonchev–Trinajstić information content (AvgIpc) is 2.33. The molecule has 0 aliphatic rings. The molecule has 0 aliphatic carbocycles. The van der Waals surface area contributed by atoms with Gasteiger partial charge in [-0.15, -0.1) is 0 Å². The largest absolute Gasteiger partial charge is 0.308 e. The summed E-state index contributed by atoms with van der Waals surface area (Å²) in [7, 11) is 10.9. The number of rotatable bonds is 11. The summed E-state index contributed by atoms with van der Waals surface area (Å²) < 4.78 is 0. The lowest BCUT2D eigenvalue weighted by Crippen LogP contribution is -2.33. The highest BCUT2D eigenvalue weighted by Gasteiger charge is 2.03. The number of hydrogen-bond donors (Lipinski definition) is 0. The van der Waals surface area contributed by atoms with Crippen molar-refractivity contribution >= 4 is 0 Å². The summed E-state index contributed by atoms with van der Waals surface area (Å²) in [6.45, 7) is 10.4. The van der Waals surface area contributed by atoms with Crippen LogP contribution in [0.25, 0.3) is 0 Å². The van der Waals surface area contributed by atoms with Gasteiger partial charge in [-0.25, -0.2) is 0 Å². The zero-order chi connectivity index (χ0) is 14.0. The molecule has 0 aromatic carbocycles. The van der Waals surface area contributed by atoms with E-state index in [9.17, 15) is 0 Å². The first kappa shape index (κ1) is 17.8. The van der Waals surface area contributed by atoms with E-state index in [0.29, 0.717) is 0 Å². The van der Waals surface area contributed by atoms with Crippen molar-refractivity contribution < 1.29 is 0 Å². The SMILES string of the molecule is CCN(C)CCN(C)CCCN(C)CCN(C)C. The predicted molar refractivity (Wildman–Crippen MR) is 81.3 cm³/mol. The maximum absolute atomic E-state index is 2.44. The van der Waals surface area contributed by atoms with E-state index in [1.807, 2.05) is 0 Å². The van der Waals surface area contributed by atoms with Gasteiger partial charge in [0.15, 0.2) is 0 Å². The molecule has 4 heteroatoms. The molecule has 0 N–H and O–H groups in total. The fraction of sp³-hybridized carbons (Fsp3) is 1.00. The molecule has 0 rings (SSSR count). The highest BCUT2D eigenvalue weighted by atomic mass is 15.2. The van der Waals surface area contributed by atoms with Crippen LogP contribution in [0, 0.1) is 0 Å². The second kappa shape index (κ2) is 10.7. The van der Waals surface area contributed by atoms with E-state index in [1.54, 1.807) is 0 Å². The monoisotopic (exact) mass is 258 g/mol. The Bertz CT molecular complexity index is 185. The van der Waals surface area contributed by atoms with Gasteiger partial charge in [0.05, 0.1) is 0 Å². The summed E-state index contributed by atoms with van der Waals surface area (Å²) in [4.78, 5) is 9.46. The summed E-state index contributed by atoms with van der Waals surface area (Å²) in [5.74, 6) is 0. The first-order chi connectivity index (χ1) is 8.45. The van der Waals surface area contributed by atoms with E-state index >= 15 is 0 Å². The van der Waals surface area contributed by atoms with E-state index in [1.165, 1.54) is 32.6 Å². The summed E-state index contributed by atoms with van der Waals surface area (Å²) >= 11 is 0. The predicted octanol–water partition coefficient (Wildman–Crippen LogP) is 0.753. The Labute approximate surface area is 115 Å². The number of likely N-dealkylation sites (N-methyl/N-ethyl adjacent to an activating group) is 4. The van der Waals surface area contributed by atoms with Crippen LogP contribution in [0.15, 0.2) is 0 Å². The van der Waals surface area contributed by atoms with E-state index in [0.717, 1.165) is 19.6 Å². The summed E-state index contributed by atoms with van der Waals surface area (Å²) in [6.07, 6.45) is 1.26. The molecule has 110 valence electrons. The van der Waals surface area contributed by atoms with Gasteiger partial charge in [0.25, 0.3) is 0 Å². The van der Waals surface area contributed by atoms with Crippen LogP contribution in [-0.4, -0.2) is 101 Å². The van der Waals surface area contributed by atoms with Crippen molar-refractivity contribution in [2.75, 3.05) is 81.1 Å². The van der Waals surface area contributed by atoms with Crippen molar-refractivity contribution in [2.45, 2.75) is 13.3 Å². The van der Waals surface area contributed by atoms with Gasteiger partial charge >= 0.3 is 0 Å². The van der Waals surface area contributed by atoms with Crippen molar-refractivity contribution in [2.24, 2.45) is 0 Å². The smallest absolute Gasteiger partial charge is 0.0106 e. The molecule has 0 aromatic rings. The van der Waals surface area contributed by atoms with Crippen LogP contribution in [0.4, 0.5) is 0 Å². The lowest BCUT2D eigenvalue weighted by Gasteiger charge is -2.23. The van der Waals surface area contributed by atoms with Gasteiger partial charge in [0.2, 0.25) is 0 Å². The molecule has 4 nitrogen and oxygen atoms in total. The molecule has 0 unspecified atom stereocenters. The third-order valence-corrected chi connectivity index (χ3v) is 3.41. The standard InChI is InChI=1S/C14H34N4/c1-7-16(4)13-14-18(6)10-8-9-17(5)12-11-15(2)3/h7-14H2,1-6H3. The summed E-state index contributed by atoms with van der Waals surface area (Å²) in [5.41, 5.74) is 0. The molecular formula is C14H34N4. The van der Waals surface area contributed by atoms with Crippen molar-refractivity contribution in [3.63, 3.8) is 0 Å². The van der Waals surface area contributed by atoms with Crippen molar-refractivity contribution in [3.05, 3.63) is 0 Å². The van der Waals surface area contributed by atoms with Gasteiger partial charge in [-0.3, -0.25) is 0 Å². The topological polar surface area (TPSA) is 13.0 Å². The Morgan fingerprint density at radius 1 is 0.556 bits per heavy atom. The van der Waals surface area contributed by atoms with Crippen molar-refractivity contribution in [3.8, 4) is 0 Å². The molecule has 0 radical (unpaired) electrons. The summed E-state index contributed by atoms with van der Waals surface area (Å²) in [5, 5.41) is 0. The molecule has 0 bridgehead atoms. The first-order valence-corrected chi connectivity index (χ1v) is 7.16. The van der Waals surface area contributed by atoms with Crippen LogP contribution >= 0.6 is 0 Å². The molecule has 0 spiro atoms. The van der Waals surface area contributed by atoms with E-state index in [2.05, 4.69) is 61.8 Å². The van der Waals surface area contributed by atoms with Crippen LogP contribution in [-0.2, 0) is 0 Å². The van der Waals surface area contributed by atoms with Crippen LogP contribution in [0.2, 0.25) is 0 Å². The minimum atomic E-state index is 1.14. The number of hydrogen-bond acceptors (Lipinski definition) is 4. The molecule has 0 heterocycles. The maximum atomic E-state index is 2.44. The zero-order valence-corrected chi connectivity index (χ0v) is 13.4. The van der Waals surface area contributed by atoms with E-state index < -0.39 is 0 Å². The van der Waals surface area contributed by atoms with Gasteiger partial charge in [-0.05, 0) is 61.3 Å².